The van der Waals surface area contributed by atoms with E-state index in [4.69, 9.17) is 18.3 Å². The minimum atomic E-state index is -0.856. The average Bonchev–Trinajstić information content (AvgIpc) is 2.71. The second kappa shape index (κ2) is 6.70. The molecule has 7 heteroatoms. The zero-order chi connectivity index (χ0) is 19.8. The molecule has 0 fully saturated rings. The standard InChI is InChI=1S/C21H14O7/c1-25-15-5-3-7-17-11(15)9-13(20(23)27-17)19(22)14-10-12-16(26-2)6-4-8-18(12)28-21(14)24/h3-10H,1-2H3. The summed E-state index contributed by atoms with van der Waals surface area (Å²) in [5, 5.41) is 0.881. The van der Waals surface area contributed by atoms with Gasteiger partial charge in [-0.1, -0.05) is 12.1 Å². The van der Waals surface area contributed by atoms with Crippen molar-refractivity contribution in [1.82, 2.24) is 0 Å². The summed E-state index contributed by atoms with van der Waals surface area (Å²) in [5.41, 5.74) is -1.76. The van der Waals surface area contributed by atoms with E-state index in [0.29, 0.717) is 22.3 Å². The van der Waals surface area contributed by atoms with E-state index in [0.717, 1.165) is 0 Å². The maximum absolute atomic E-state index is 13.0. The van der Waals surface area contributed by atoms with Crippen LogP contribution in [0, 0.1) is 0 Å². The maximum atomic E-state index is 13.0. The Bertz CT molecular complexity index is 1240. The zero-order valence-corrected chi connectivity index (χ0v) is 15.0. The molecule has 0 aliphatic heterocycles. The molecule has 2 aromatic heterocycles. The molecular weight excluding hydrogens is 364 g/mol. The van der Waals surface area contributed by atoms with Gasteiger partial charge in [-0.2, -0.15) is 0 Å². The molecule has 28 heavy (non-hydrogen) atoms. The molecule has 0 bridgehead atoms. The first-order chi connectivity index (χ1) is 13.5. The van der Waals surface area contributed by atoms with Crippen molar-refractivity contribution in [2.75, 3.05) is 14.2 Å². The molecule has 0 amide bonds. The van der Waals surface area contributed by atoms with Crippen LogP contribution in [0.1, 0.15) is 15.9 Å². The number of rotatable bonds is 4. The fourth-order valence-electron chi connectivity index (χ4n) is 3.04. The normalized spacial score (nSPS) is 10.9. The van der Waals surface area contributed by atoms with Crippen molar-refractivity contribution in [1.29, 1.82) is 0 Å². The summed E-state index contributed by atoms with van der Waals surface area (Å²) in [6, 6.07) is 12.6. The minimum absolute atomic E-state index is 0.271. The van der Waals surface area contributed by atoms with E-state index < -0.39 is 17.0 Å². The average molecular weight is 378 g/mol. The molecule has 0 aliphatic carbocycles. The Kier molecular flexibility index (Phi) is 4.19. The summed E-state index contributed by atoms with van der Waals surface area (Å²) in [5.74, 6) is 0.0631. The first-order valence-corrected chi connectivity index (χ1v) is 8.30. The van der Waals surface area contributed by atoms with Crippen LogP contribution in [0.5, 0.6) is 11.5 Å². The largest absolute Gasteiger partial charge is 0.496 e. The number of carbonyl (C=O) groups is 1. The van der Waals surface area contributed by atoms with E-state index >= 15 is 0 Å². The summed E-state index contributed by atoms with van der Waals surface area (Å²) < 4.78 is 21.0. The summed E-state index contributed by atoms with van der Waals surface area (Å²) in [4.78, 5) is 37.7. The molecule has 0 aliphatic rings. The topological polar surface area (TPSA) is 95.9 Å². The number of hydrogen-bond donors (Lipinski definition) is 0. The number of benzene rings is 2. The van der Waals surface area contributed by atoms with Gasteiger partial charge in [-0.05, 0) is 36.4 Å². The molecule has 0 unspecified atom stereocenters. The summed E-state index contributed by atoms with van der Waals surface area (Å²) in [7, 11) is 2.93. The van der Waals surface area contributed by atoms with Crippen LogP contribution in [-0.2, 0) is 0 Å². The number of hydrogen-bond acceptors (Lipinski definition) is 7. The second-order valence-electron chi connectivity index (χ2n) is 5.97. The van der Waals surface area contributed by atoms with Crippen molar-refractivity contribution in [2.24, 2.45) is 0 Å². The Labute approximate surface area is 157 Å². The van der Waals surface area contributed by atoms with Gasteiger partial charge in [0.1, 0.15) is 33.8 Å². The molecular formula is C21H14O7. The SMILES string of the molecule is COc1cccc2oc(=O)c(C(=O)c3cc4c(OC)cccc4oc3=O)cc12. The molecule has 0 radical (unpaired) electrons. The van der Waals surface area contributed by atoms with Gasteiger partial charge in [-0.25, -0.2) is 9.59 Å². The number of carbonyl (C=O) groups excluding carboxylic acids is 1. The lowest BCUT2D eigenvalue weighted by Crippen LogP contribution is -2.21. The molecule has 140 valence electrons. The van der Waals surface area contributed by atoms with Crippen LogP contribution in [0.3, 0.4) is 0 Å². The van der Waals surface area contributed by atoms with E-state index in [1.165, 1.54) is 26.4 Å². The summed E-state index contributed by atoms with van der Waals surface area (Å²) in [6.45, 7) is 0. The highest BCUT2D eigenvalue weighted by atomic mass is 16.5. The van der Waals surface area contributed by atoms with E-state index in [2.05, 4.69) is 0 Å². The van der Waals surface area contributed by atoms with E-state index in [1.54, 1.807) is 36.4 Å². The molecule has 7 nitrogen and oxygen atoms in total. The third-order valence-corrected chi connectivity index (χ3v) is 4.40. The number of ketones is 1. The van der Waals surface area contributed by atoms with Gasteiger partial charge in [0.15, 0.2) is 0 Å². The third kappa shape index (κ3) is 2.73. The quantitative estimate of drug-likeness (QED) is 0.397. The monoisotopic (exact) mass is 378 g/mol. The lowest BCUT2D eigenvalue weighted by Gasteiger charge is -2.07. The van der Waals surface area contributed by atoms with Gasteiger partial charge in [0, 0.05) is 0 Å². The van der Waals surface area contributed by atoms with Crippen LogP contribution < -0.4 is 20.7 Å². The van der Waals surface area contributed by atoms with Crippen LogP contribution in [-0.4, -0.2) is 20.0 Å². The van der Waals surface area contributed by atoms with E-state index in [-0.39, 0.29) is 22.3 Å². The van der Waals surface area contributed by atoms with Gasteiger partial charge < -0.3 is 18.3 Å². The number of fused-ring (bicyclic) bond motifs is 2. The van der Waals surface area contributed by atoms with E-state index in [1.807, 2.05) is 0 Å². The first-order valence-electron chi connectivity index (χ1n) is 8.30. The third-order valence-electron chi connectivity index (χ3n) is 4.40. The van der Waals surface area contributed by atoms with Gasteiger partial charge in [-0.3, -0.25) is 4.79 Å². The van der Waals surface area contributed by atoms with Crippen molar-refractivity contribution in [2.45, 2.75) is 0 Å². The molecule has 0 atom stereocenters. The molecule has 2 aromatic carbocycles. The molecule has 0 spiro atoms. The predicted octanol–water partition coefficient (Wildman–Crippen LogP) is 3.15. The van der Waals surface area contributed by atoms with Gasteiger partial charge >= 0.3 is 11.3 Å². The Morgan fingerprint density at radius 2 is 1.18 bits per heavy atom. The van der Waals surface area contributed by atoms with Gasteiger partial charge in [0.25, 0.3) is 0 Å². The van der Waals surface area contributed by atoms with Crippen molar-refractivity contribution in [3.05, 3.63) is 80.5 Å². The molecule has 4 rings (SSSR count). The Morgan fingerprint density at radius 3 is 1.57 bits per heavy atom. The van der Waals surface area contributed by atoms with Crippen molar-refractivity contribution in [3.8, 4) is 11.5 Å². The number of ether oxygens (including phenoxy) is 2. The molecule has 0 saturated carbocycles. The van der Waals surface area contributed by atoms with Crippen molar-refractivity contribution < 1.29 is 23.1 Å². The lowest BCUT2D eigenvalue weighted by atomic mass is 10.0. The Balaban J connectivity index is 1.95. The molecule has 2 heterocycles. The Hall–Kier alpha value is -3.87. The summed E-state index contributed by atoms with van der Waals surface area (Å²) >= 11 is 0. The highest BCUT2D eigenvalue weighted by Crippen LogP contribution is 2.27. The lowest BCUT2D eigenvalue weighted by molar-refractivity contribution is 0.103. The highest BCUT2D eigenvalue weighted by molar-refractivity contribution is 6.11. The van der Waals surface area contributed by atoms with Crippen LogP contribution in [0.15, 0.2) is 67.0 Å². The van der Waals surface area contributed by atoms with Crippen LogP contribution in [0.25, 0.3) is 21.9 Å². The molecule has 0 saturated heterocycles. The van der Waals surface area contributed by atoms with Gasteiger partial charge in [0.05, 0.1) is 25.0 Å². The second-order valence-corrected chi connectivity index (χ2v) is 5.97. The fourth-order valence-corrected chi connectivity index (χ4v) is 3.04. The maximum Gasteiger partial charge on any atom is 0.347 e. The van der Waals surface area contributed by atoms with E-state index in [9.17, 15) is 14.4 Å². The van der Waals surface area contributed by atoms with Crippen LogP contribution in [0.4, 0.5) is 0 Å². The molecule has 0 N–H and O–H groups in total. The van der Waals surface area contributed by atoms with Crippen LogP contribution in [0.2, 0.25) is 0 Å². The smallest absolute Gasteiger partial charge is 0.347 e. The van der Waals surface area contributed by atoms with Crippen molar-refractivity contribution in [3.63, 3.8) is 0 Å². The fraction of sp³-hybridized carbons (Fsp3) is 0.0952. The number of methoxy groups -OCH3 is 2. The predicted molar refractivity (Wildman–Crippen MR) is 102 cm³/mol. The Morgan fingerprint density at radius 1 is 0.750 bits per heavy atom. The van der Waals surface area contributed by atoms with Crippen LogP contribution >= 0.6 is 0 Å². The minimum Gasteiger partial charge on any atom is -0.496 e. The summed E-state index contributed by atoms with van der Waals surface area (Å²) in [6.07, 6.45) is 0. The highest BCUT2D eigenvalue weighted by Gasteiger charge is 2.22. The zero-order valence-electron chi connectivity index (χ0n) is 15.0. The molecule has 4 aromatic rings. The van der Waals surface area contributed by atoms with Gasteiger partial charge in [-0.15, -0.1) is 0 Å². The van der Waals surface area contributed by atoms with Gasteiger partial charge in [0.2, 0.25) is 5.78 Å². The van der Waals surface area contributed by atoms with Crippen molar-refractivity contribution >= 4 is 27.7 Å². The first kappa shape index (κ1) is 17.5.